The fraction of sp³-hybridized carbons (Fsp3) is 0.364. The van der Waals surface area contributed by atoms with Crippen LogP contribution in [0.15, 0.2) is 36.2 Å². The Labute approximate surface area is 195 Å². The molecule has 3 aromatic heterocycles. The van der Waals surface area contributed by atoms with Crippen molar-refractivity contribution in [3.05, 3.63) is 41.7 Å². The highest BCUT2D eigenvalue weighted by atomic mass is 16.5. The van der Waals surface area contributed by atoms with E-state index < -0.39 is 0 Å². The normalized spacial score (nSPS) is 17.6. The Morgan fingerprint density at radius 3 is 2.68 bits per heavy atom. The molecule has 2 aliphatic heterocycles. The van der Waals surface area contributed by atoms with Gasteiger partial charge in [0, 0.05) is 57.2 Å². The first-order valence-corrected chi connectivity index (χ1v) is 11.1. The molecule has 0 aliphatic carbocycles. The molecule has 12 nitrogen and oxygen atoms in total. The summed E-state index contributed by atoms with van der Waals surface area (Å²) in [4.78, 5) is 41.9. The number of imide groups is 1. The van der Waals surface area contributed by atoms with Crippen molar-refractivity contribution in [3.8, 4) is 0 Å². The number of fused-ring (bicyclic) bond motifs is 1. The van der Waals surface area contributed by atoms with Gasteiger partial charge in [-0.1, -0.05) is 6.07 Å². The number of nitrogens with one attached hydrogen (secondary N) is 2. The summed E-state index contributed by atoms with van der Waals surface area (Å²) in [6.07, 6.45) is 5.13. The summed E-state index contributed by atoms with van der Waals surface area (Å²) in [6.45, 7) is 4.08. The lowest BCUT2D eigenvalue weighted by Gasteiger charge is -2.35. The number of carbonyl (C=O) groups excluding carboxylic acids is 2. The van der Waals surface area contributed by atoms with E-state index >= 15 is 0 Å². The van der Waals surface area contributed by atoms with Crippen molar-refractivity contribution < 1.29 is 14.3 Å². The van der Waals surface area contributed by atoms with Crippen LogP contribution < -0.4 is 20.4 Å². The van der Waals surface area contributed by atoms with Gasteiger partial charge in [-0.2, -0.15) is 19.6 Å². The predicted octanol–water partition coefficient (Wildman–Crippen LogP) is 0.334. The Bertz CT molecular complexity index is 1230. The number of hydrogen-bond donors (Lipinski definition) is 2. The van der Waals surface area contributed by atoms with E-state index in [0.29, 0.717) is 41.8 Å². The van der Waals surface area contributed by atoms with E-state index in [1.54, 1.807) is 30.1 Å². The van der Waals surface area contributed by atoms with Gasteiger partial charge in [0.15, 0.2) is 5.65 Å². The summed E-state index contributed by atoms with van der Waals surface area (Å²) >= 11 is 0. The zero-order valence-electron chi connectivity index (χ0n) is 18.8. The second-order valence-corrected chi connectivity index (χ2v) is 7.99. The first kappa shape index (κ1) is 21.8. The van der Waals surface area contributed by atoms with Gasteiger partial charge < -0.3 is 19.9 Å². The maximum absolute atomic E-state index is 12.0. The maximum Gasteiger partial charge on any atom is 0.254 e. The molecule has 176 valence electrons. The molecular weight excluding hydrogens is 438 g/mol. The molecule has 3 aromatic rings. The number of anilines is 3. The van der Waals surface area contributed by atoms with Crippen molar-refractivity contribution in [2.75, 3.05) is 61.6 Å². The minimum atomic E-state index is -0.386. The fourth-order valence-electron chi connectivity index (χ4n) is 3.99. The van der Waals surface area contributed by atoms with Crippen molar-refractivity contribution in [1.29, 1.82) is 0 Å². The van der Waals surface area contributed by atoms with E-state index in [2.05, 4.69) is 30.5 Å². The molecule has 12 heteroatoms. The summed E-state index contributed by atoms with van der Waals surface area (Å²) in [5, 5.41) is 9.97. The molecule has 2 fully saturated rings. The van der Waals surface area contributed by atoms with Gasteiger partial charge in [-0.05, 0) is 18.2 Å². The summed E-state index contributed by atoms with van der Waals surface area (Å²) < 4.78 is 6.75. The quantitative estimate of drug-likeness (QED) is 0.287. The van der Waals surface area contributed by atoms with Crippen molar-refractivity contribution in [1.82, 2.24) is 29.9 Å². The second kappa shape index (κ2) is 9.43. The lowest BCUT2D eigenvalue weighted by Crippen LogP contribution is -2.47. The van der Waals surface area contributed by atoms with Gasteiger partial charge in [-0.3, -0.25) is 14.9 Å². The number of aromatic nitrogens is 5. The van der Waals surface area contributed by atoms with Crippen LogP contribution in [0.3, 0.4) is 0 Å². The number of pyridine rings is 1. The summed E-state index contributed by atoms with van der Waals surface area (Å²) in [5.41, 5.74) is 1.58. The number of methoxy groups -OCH3 is 1. The van der Waals surface area contributed by atoms with E-state index in [1.165, 1.54) is 0 Å². The predicted molar refractivity (Wildman–Crippen MR) is 126 cm³/mol. The van der Waals surface area contributed by atoms with Crippen molar-refractivity contribution in [3.63, 3.8) is 0 Å². The molecular formula is C22H25N9O3. The monoisotopic (exact) mass is 463 g/mol. The first-order chi connectivity index (χ1) is 16.6. The molecule has 0 atom stereocenters. The first-order valence-electron chi connectivity index (χ1n) is 11.1. The van der Waals surface area contributed by atoms with Crippen molar-refractivity contribution in [2.24, 2.45) is 0 Å². The number of amides is 2. The minimum Gasteiger partial charge on any atom is -0.383 e. The third kappa shape index (κ3) is 4.39. The van der Waals surface area contributed by atoms with E-state index in [-0.39, 0.29) is 18.2 Å². The maximum atomic E-state index is 12.0. The zero-order valence-corrected chi connectivity index (χ0v) is 18.8. The van der Waals surface area contributed by atoms with Crippen LogP contribution in [0.4, 0.5) is 17.7 Å². The number of carbonyl (C=O) groups is 2. The summed E-state index contributed by atoms with van der Waals surface area (Å²) in [7, 11) is 1.63. The largest absolute Gasteiger partial charge is 0.383 e. The van der Waals surface area contributed by atoms with Crippen LogP contribution in [-0.4, -0.2) is 82.8 Å². The van der Waals surface area contributed by atoms with E-state index in [4.69, 9.17) is 14.7 Å². The Morgan fingerprint density at radius 2 is 1.97 bits per heavy atom. The van der Waals surface area contributed by atoms with Crippen LogP contribution in [0, 0.1) is 0 Å². The van der Waals surface area contributed by atoms with Crippen molar-refractivity contribution >= 4 is 41.3 Å². The highest BCUT2D eigenvalue weighted by molar-refractivity contribution is 6.15. The number of piperazine rings is 1. The van der Waals surface area contributed by atoms with Crippen LogP contribution in [0.5, 0.6) is 0 Å². The molecule has 2 N–H and O–H groups in total. The van der Waals surface area contributed by atoms with Gasteiger partial charge in [0.2, 0.25) is 17.8 Å². The SMILES string of the molecule is COCCNc1nc(N2CCN(c3ccccn3)CC2)nc2c(/C=C3\CC(=O)NC3=O)cnn12. The van der Waals surface area contributed by atoms with Gasteiger partial charge in [-0.25, -0.2) is 4.98 Å². The standard InChI is InChI=1S/C22H25N9O3/c1-34-11-6-24-21-28-22(30-9-7-29(8-10-30)17-4-2-3-5-23-17)27-19-16(14-25-31(19)21)12-15-13-18(32)26-20(15)33/h2-5,12,14H,6-11,13H2,1H3,(H,24,27,28)(H,26,32,33)/b15-12+. The molecule has 0 bridgehead atoms. The van der Waals surface area contributed by atoms with E-state index in [0.717, 1.165) is 32.0 Å². The van der Waals surface area contributed by atoms with Gasteiger partial charge in [0.1, 0.15) is 5.82 Å². The lowest BCUT2D eigenvalue weighted by molar-refractivity contribution is -0.124. The molecule has 0 spiro atoms. The Hall–Kier alpha value is -4.06. The van der Waals surface area contributed by atoms with Crippen LogP contribution in [0.1, 0.15) is 12.0 Å². The number of nitrogens with zero attached hydrogens (tertiary/aromatic N) is 7. The molecule has 5 rings (SSSR count). The van der Waals surface area contributed by atoms with Crippen molar-refractivity contribution in [2.45, 2.75) is 6.42 Å². The minimum absolute atomic E-state index is 0.0442. The summed E-state index contributed by atoms with van der Waals surface area (Å²) in [6, 6.07) is 5.90. The third-order valence-corrected chi connectivity index (χ3v) is 5.73. The molecule has 2 amide bonds. The topological polar surface area (TPSA) is 130 Å². The molecule has 0 aromatic carbocycles. The highest BCUT2D eigenvalue weighted by Crippen LogP contribution is 2.23. The van der Waals surface area contributed by atoms with Crippen LogP contribution in [0.2, 0.25) is 0 Å². The lowest BCUT2D eigenvalue weighted by atomic mass is 10.1. The van der Waals surface area contributed by atoms with Crippen LogP contribution in [0.25, 0.3) is 11.7 Å². The summed E-state index contributed by atoms with van der Waals surface area (Å²) in [5.74, 6) is 1.36. The molecule has 2 saturated heterocycles. The number of ether oxygens (including phenoxy) is 1. The molecule has 34 heavy (non-hydrogen) atoms. The average molecular weight is 464 g/mol. The zero-order chi connectivity index (χ0) is 23.5. The smallest absolute Gasteiger partial charge is 0.254 e. The fourth-order valence-corrected chi connectivity index (χ4v) is 3.99. The number of hydrogen-bond acceptors (Lipinski definition) is 10. The molecule has 5 heterocycles. The van der Waals surface area contributed by atoms with E-state index in [9.17, 15) is 9.59 Å². The molecule has 0 unspecified atom stereocenters. The average Bonchev–Trinajstić information content (AvgIpc) is 3.41. The molecule has 0 saturated carbocycles. The van der Waals surface area contributed by atoms with Gasteiger partial charge in [0.05, 0.1) is 19.2 Å². The Morgan fingerprint density at radius 1 is 1.15 bits per heavy atom. The van der Waals surface area contributed by atoms with Gasteiger partial charge in [-0.15, -0.1) is 0 Å². The van der Waals surface area contributed by atoms with Gasteiger partial charge >= 0.3 is 0 Å². The molecule has 0 radical (unpaired) electrons. The molecule has 2 aliphatic rings. The highest BCUT2D eigenvalue weighted by Gasteiger charge is 2.25. The van der Waals surface area contributed by atoms with E-state index in [1.807, 2.05) is 18.2 Å². The van der Waals surface area contributed by atoms with Crippen LogP contribution in [-0.2, 0) is 14.3 Å². The Kier molecular flexibility index (Phi) is 6.04. The third-order valence-electron chi connectivity index (χ3n) is 5.73. The van der Waals surface area contributed by atoms with Crippen LogP contribution >= 0.6 is 0 Å². The second-order valence-electron chi connectivity index (χ2n) is 7.99. The number of rotatable bonds is 7. The Balaban J connectivity index is 1.45. The van der Waals surface area contributed by atoms with Gasteiger partial charge in [0.25, 0.3) is 5.91 Å².